The molecule has 7 heteroatoms. The van der Waals surface area contributed by atoms with Crippen LogP contribution in [0.3, 0.4) is 0 Å². The Morgan fingerprint density at radius 2 is 1.83 bits per heavy atom. The first-order chi connectivity index (χ1) is 11.1. The summed E-state index contributed by atoms with van der Waals surface area (Å²) in [5, 5.41) is 7.50. The Labute approximate surface area is 131 Å². The summed E-state index contributed by atoms with van der Waals surface area (Å²) in [6, 6.07) is 9.41. The van der Waals surface area contributed by atoms with E-state index in [1.807, 2.05) is 31.2 Å². The van der Waals surface area contributed by atoms with Crippen LogP contribution in [-0.4, -0.2) is 30.8 Å². The molecule has 1 aromatic carbocycles. The lowest BCUT2D eigenvalue weighted by molar-refractivity contribution is 0.958. The number of aryl methyl sites for hydroxylation is 1. The van der Waals surface area contributed by atoms with Gasteiger partial charge in [0, 0.05) is 11.3 Å². The van der Waals surface area contributed by atoms with Gasteiger partial charge in [-0.1, -0.05) is 0 Å². The Kier molecular flexibility index (Phi) is 2.87. The summed E-state index contributed by atoms with van der Waals surface area (Å²) >= 11 is 0. The van der Waals surface area contributed by atoms with Crippen molar-refractivity contribution in [2.45, 2.75) is 13.3 Å². The second-order valence-corrected chi connectivity index (χ2v) is 5.51. The molecule has 0 aliphatic heterocycles. The van der Waals surface area contributed by atoms with Gasteiger partial charge in [-0.25, -0.2) is 15.0 Å². The third kappa shape index (κ3) is 2.42. The van der Waals surface area contributed by atoms with Gasteiger partial charge in [0.2, 0.25) is 0 Å². The van der Waals surface area contributed by atoms with E-state index in [2.05, 4.69) is 24.9 Å². The number of aromatic amines is 2. The number of nitrogens with two attached hydrogens (primary N) is 1. The van der Waals surface area contributed by atoms with Crippen LogP contribution in [0.5, 0.6) is 0 Å². The highest BCUT2D eigenvalue weighted by molar-refractivity contribution is 5.97. The summed E-state index contributed by atoms with van der Waals surface area (Å²) in [4.78, 5) is 20.0. The average molecular weight is 305 g/mol. The van der Waals surface area contributed by atoms with Gasteiger partial charge >= 0.3 is 0 Å². The third-order valence-electron chi connectivity index (χ3n) is 3.71. The van der Waals surface area contributed by atoms with Gasteiger partial charge in [0.25, 0.3) is 0 Å². The van der Waals surface area contributed by atoms with Gasteiger partial charge in [-0.3, -0.25) is 5.41 Å². The Morgan fingerprint density at radius 1 is 1.04 bits per heavy atom. The molecule has 0 saturated carbocycles. The number of nitrogens with one attached hydrogen (secondary N) is 3. The standard InChI is InChI=1S/C16H15N7/c1-8-2-4-11-16(19-8)23-14(21-11)7-13-20-10-5-3-9(15(17)18)6-12(10)22-13/h2-6H,7H2,1H3,(H3,17,18)(H,20,22)(H,19,21,23). The Morgan fingerprint density at radius 3 is 2.65 bits per heavy atom. The zero-order valence-electron chi connectivity index (χ0n) is 12.5. The van der Waals surface area contributed by atoms with Crippen LogP contribution < -0.4 is 5.73 Å². The maximum atomic E-state index is 7.50. The smallest absolute Gasteiger partial charge is 0.177 e. The van der Waals surface area contributed by atoms with E-state index >= 15 is 0 Å². The van der Waals surface area contributed by atoms with E-state index in [0.29, 0.717) is 12.0 Å². The van der Waals surface area contributed by atoms with Gasteiger partial charge in [-0.2, -0.15) is 0 Å². The molecule has 0 bridgehead atoms. The first-order valence-electron chi connectivity index (χ1n) is 7.24. The van der Waals surface area contributed by atoms with Crippen LogP contribution in [0, 0.1) is 12.3 Å². The molecule has 0 spiro atoms. The number of hydrogen-bond acceptors (Lipinski definition) is 4. The lowest BCUT2D eigenvalue weighted by atomic mass is 10.2. The van der Waals surface area contributed by atoms with Crippen molar-refractivity contribution in [1.82, 2.24) is 24.9 Å². The van der Waals surface area contributed by atoms with Crippen molar-refractivity contribution in [2.75, 3.05) is 0 Å². The van der Waals surface area contributed by atoms with Crippen LogP contribution in [-0.2, 0) is 6.42 Å². The van der Waals surface area contributed by atoms with Crippen molar-refractivity contribution in [2.24, 2.45) is 5.73 Å². The number of H-pyrrole nitrogens is 2. The number of benzene rings is 1. The number of amidine groups is 1. The number of rotatable bonds is 3. The van der Waals surface area contributed by atoms with E-state index in [-0.39, 0.29) is 5.84 Å². The molecular formula is C16H15N7. The first kappa shape index (κ1) is 13.4. The van der Waals surface area contributed by atoms with Crippen molar-refractivity contribution < 1.29 is 0 Å². The number of nitrogens with zero attached hydrogens (tertiary/aromatic N) is 3. The highest BCUT2D eigenvalue weighted by atomic mass is 15.0. The first-order valence-corrected chi connectivity index (χ1v) is 7.24. The fraction of sp³-hybridized carbons (Fsp3) is 0.125. The van der Waals surface area contributed by atoms with Crippen LogP contribution in [0.25, 0.3) is 22.2 Å². The van der Waals surface area contributed by atoms with Crippen LogP contribution in [0.4, 0.5) is 0 Å². The highest BCUT2D eigenvalue weighted by Gasteiger charge is 2.09. The minimum atomic E-state index is 0.0433. The fourth-order valence-electron chi connectivity index (χ4n) is 2.59. The molecule has 5 N–H and O–H groups in total. The number of fused-ring (bicyclic) bond motifs is 2. The van der Waals surface area contributed by atoms with Crippen LogP contribution in [0.15, 0.2) is 30.3 Å². The van der Waals surface area contributed by atoms with Gasteiger partial charge in [0.15, 0.2) is 5.65 Å². The molecule has 3 aromatic heterocycles. The minimum absolute atomic E-state index is 0.0433. The van der Waals surface area contributed by atoms with Crippen LogP contribution in [0.2, 0.25) is 0 Å². The molecule has 7 nitrogen and oxygen atoms in total. The number of nitrogen functional groups attached to an aromatic ring is 1. The molecule has 0 amide bonds. The van der Waals surface area contributed by atoms with Crippen LogP contribution in [0.1, 0.15) is 22.9 Å². The number of pyridine rings is 1. The van der Waals surface area contributed by atoms with E-state index in [1.165, 1.54) is 0 Å². The quantitative estimate of drug-likeness (QED) is 0.342. The average Bonchev–Trinajstić information content (AvgIpc) is 3.08. The fourth-order valence-corrected chi connectivity index (χ4v) is 2.59. The van der Waals surface area contributed by atoms with Gasteiger partial charge in [0.1, 0.15) is 17.5 Å². The second-order valence-electron chi connectivity index (χ2n) is 5.51. The van der Waals surface area contributed by atoms with E-state index in [0.717, 1.165) is 39.5 Å². The summed E-state index contributed by atoms with van der Waals surface area (Å²) in [6.07, 6.45) is 0.555. The lowest BCUT2D eigenvalue weighted by Gasteiger charge is -1.96. The normalized spacial score (nSPS) is 11.3. The van der Waals surface area contributed by atoms with E-state index < -0.39 is 0 Å². The zero-order chi connectivity index (χ0) is 16.0. The third-order valence-corrected chi connectivity index (χ3v) is 3.71. The monoisotopic (exact) mass is 305 g/mol. The minimum Gasteiger partial charge on any atom is -0.384 e. The predicted molar refractivity (Wildman–Crippen MR) is 88.5 cm³/mol. The molecule has 0 saturated heterocycles. The Balaban J connectivity index is 1.69. The van der Waals surface area contributed by atoms with Gasteiger partial charge in [0.05, 0.1) is 23.0 Å². The molecule has 0 aliphatic rings. The maximum absolute atomic E-state index is 7.50. The SMILES string of the molecule is Cc1ccc2[nH]c(Cc3nc4ccc(C(=N)N)cc4[nH]3)nc2n1. The van der Waals surface area contributed by atoms with E-state index in [1.54, 1.807) is 6.07 Å². The molecule has 3 heterocycles. The van der Waals surface area contributed by atoms with Crippen LogP contribution >= 0.6 is 0 Å². The molecule has 0 unspecified atom stereocenters. The maximum Gasteiger partial charge on any atom is 0.177 e. The van der Waals surface area contributed by atoms with Crippen molar-refractivity contribution >= 4 is 28.0 Å². The molecule has 114 valence electrons. The molecule has 0 atom stereocenters. The summed E-state index contributed by atoms with van der Waals surface area (Å²) in [6.45, 7) is 1.94. The van der Waals surface area contributed by atoms with Crippen molar-refractivity contribution in [3.8, 4) is 0 Å². The van der Waals surface area contributed by atoms with Crippen molar-refractivity contribution in [3.05, 3.63) is 53.2 Å². The Hall–Kier alpha value is -3.22. The molecule has 0 fully saturated rings. The number of aromatic nitrogens is 5. The summed E-state index contributed by atoms with van der Waals surface area (Å²) in [5.41, 5.74) is 10.5. The molecule has 4 rings (SSSR count). The molecule has 4 aromatic rings. The molecule has 0 aliphatic carbocycles. The summed E-state index contributed by atoms with van der Waals surface area (Å²) in [5.74, 6) is 1.65. The Bertz CT molecular complexity index is 1040. The van der Waals surface area contributed by atoms with E-state index in [4.69, 9.17) is 11.1 Å². The number of hydrogen-bond donors (Lipinski definition) is 4. The molecule has 0 radical (unpaired) electrons. The highest BCUT2D eigenvalue weighted by Crippen LogP contribution is 2.16. The second kappa shape index (κ2) is 4.91. The summed E-state index contributed by atoms with van der Waals surface area (Å²) in [7, 11) is 0. The zero-order valence-corrected chi connectivity index (χ0v) is 12.5. The predicted octanol–water partition coefficient (Wildman–Crippen LogP) is 2.02. The summed E-state index contributed by atoms with van der Waals surface area (Å²) < 4.78 is 0. The topological polar surface area (TPSA) is 120 Å². The van der Waals surface area contributed by atoms with E-state index in [9.17, 15) is 0 Å². The number of imidazole rings is 2. The van der Waals surface area contributed by atoms with Crippen molar-refractivity contribution in [1.29, 1.82) is 5.41 Å². The van der Waals surface area contributed by atoms with Gasteiger partial charge < -0.3 is 15.7 Å². The van der Waals surface area contributed by atoms with Gasteiger partial charge in [-0.05, 0) is 37.3 Å². The molecular weight excluding hydrogens is 290 g/mol. The lowest BCUT2D eigenvalue weighted by Crippen LogP contribution is -2.10. The molecule has 23 heavy (non-hydrogen) atoms. The van der Waals surface area contributed by atoms with Gasteiger partial charge in [-0.15, -0.1) is 0 Å². The largest absolute Gasteiger partial charge is 0.384 e. The van der Waals surface area contributed by atoms with Crippen molar-refractivity contribution in [3.63, 3.8) is 0 Å².